The maximum Gasteiger partial charge on any atom is 0.310 e. The van der Waals surface area contributed by atoms with E-state index in [1.54, 1.807) is 0 Å². The summed E-state index contributed by atoms with van der Waals surface area (Å²) in [7, 11) is 1.43. The number of ether oxygens (including phenoxy) is 1. The summed E-state index contributed by atoms with van der Waals surface area (Å²) in [6, 6.07) is 0. The fourth-order valence-corrected chi connectivity index (χ4v) is 2.31. The van der Waals surface area contributed by atoms with Crippen LogP contribution in [0.5, 0.6) is 0 Å². The third-order valence-corrected chi connectivity index (χ3v) is 3.03. The number of aliphatic carboxylic acids is 2. The third kappa shape index (κ3) is 2.47. The molecule has 86 valence electrons. The monoisotopic (exact) mass is 216 g/mol. The van der Waals surface area contributed by atoms with E-state index in [0.717, 1.165) is 0 Å². The molecule has 0 amide bonds. The molecule has 1 rings (SSSR count). The Hall–Kier alpha value is -1.10. The molecule has 0 aromatic rings. The molecule has 1 fully saturated rings. The van der Waals surface area contributed by atoms with Crippen LogP contribution in [0, 0.1) is 17.8 Å². The van der Waals surface area contributed by atoms with Crippen molar-refractivity contribution in [3.05, 3.63) is 0 Å². The van der Waals surface area contributed by atoms with E-state index >= 15 is 0 Å². The van der Waals surface area contributed by atoms with Gasteiger partial charge < -0.3 is 14.9 Å². The largest absolute Gasteiger partial charge is 0.481 e. The number of carboxylic acid groups (broad SMARTS) is 2. The summed E-state index contributed by atoms with van der Waals surface area (Å²) in [4.78, 5) is 22.0. The highest BCUT2D eigenvalue weighted by Gasteiger charge is 2.44. The zero-order valence-electron chi connectivity index (χ0n) is 8.84. The first-order valence-corrected chi connectivity index (χ1v) is 4.95. The predicted molar refractivity (Wildman–Crippen MR) is 51.4 cm³/mol. The molecule has 2 N–H and O–H groups in total. The van der Waals surface area contributed by atoms with Crippen molar-refractivity contribution in [1.82, 2.24) is 0 Å². The summed E-state index contributed by atoms with van der Waals surface area (Å²) >= 11 is 0. The van der Waals surface area contributed by atoms with Crippen LogP contribution >= 0.6 is 0 Å². The summed E-state index contributed by atoms with van der Waals surface area (Å²) in [5.41, 5.74) is 0. The molecule has 0 aliphatic heterocycles. The number of rotatable bonds is 3. The van der Waals surface area contributed by atoms with Crippen molar-refractivity contribution in [3.8, 4) is 0 Å². The Morgan fingerprint density at radius 1 is 1.20 bits per heavy atom. The molecule has 5 heteroatoms. The second-order valence-electron chi connectivity index (χ2n) is 4.16. The highest BCUT2D eigenvalue weighted by atomic mass is 16.5. The first-order chi connectivity index (χ1) is 6.97. The quantitative estimate of drug-likeness (QED) is 0.730. The molecule has 0 spiro atoms. The van der Waals surface area contributed by atoms with E-state index in [2.05, 4.69) is 0 Å². The first kappa shape index (κ1) is 12.0. The number of methoxy groups -OCH3 is 1. The lowest BCUT2D eigenvalue weighted by Crippen LogP contribution is -2.44. The van der Waals surface area contributed by atoms with Crippen LogP contribution in [0.1, 0.15) is 19.8 Å². The molecular weight excluding hydrogens is 200 g/mol. The van der Waals surface area contributed by atoms with E-state index in [9.17, 15) is 9.59 Å². The lowest BCUT2D eigenvalue weighted by Gasteiger charge is -2.35. The second kappa shape index (κ2) is 4.61. The summed E-state index contributed by atoms with van der Waals surface area (Å²) in [6.07, 6.45) is 0.524. The molecule has 1 aliphatic rings. The van der Waals surface area contributed by atoms with Crippen LogP contribution in [0.3, 0.4) is 0 Å². The van der Waals surface area contributed by atoms with Crippen molar-refractivity contribution in [2.45, 2.75) is 25.9 Å². The first-order valence-electron chi connectivity index (χ1n) is 4.95. The van der Waals surface area contributed by atoms with Gasteiger partial charge in [-0.05, 0) is 18.8 Å². The predicted octanol–water partition coefficient (Wildman–Crippen LogP) is 0.833. The Balaban J connectivity index is 2.90. The van der Waals surface area contributed by atoms with Gasteiger partial charge in [-0.3, -0.25) is 9.59 Å². The molecule has 0 aromatic carbocycles. The van der Waals surface area contributed by atoms with Gasteiger partial charge in [-0.25, -0.2) is 0 Å². The van der Waals surface area contributed by atoms with Gasteiger partial charge in [0, 0.05) is 7.11 Å². The minimum atomic E-state index is -1.08. The maximum absolute atomic E-state index is 11.0. The van der Waals surface area contributed by atoms with Crippen LogP contribution in [0.2, 0.25) is 0 Å². The Morgan fingerprint density at radius 3 is 2.20 bits per heavy atom. The van der Waals surface area contributed by atoms with Crippen molar-refractivity contribution in [1.29, 1.82) is 0 Å². The van der Waals surface area contributed by atoms with Crippen molar-refractivity contribution >= 4 is 11.9 Å². The van der Waals surface area contributed by atoms with Crippen molar-refractivity contribution < 1.29 is 24.5 Å². The van der Waals surface area contributed by atoms with Crippen molar-refractivity contribution in [2.75, 3.05) is 7.11 Å². The molecule has 0 radical (unpaired) electrons. The summed E-state index contributed by atoms with van der Waals surface area (Å²) < 4.78 is 5.07. The van der Waals surface area contributed by atoms with Crippen LogP contribution in [0.25, 0.3) is 0 Å². The molecular formula is C10H16O5. The van der Waals surface area contributed by atoms with Gasteiger partial charge in [-0.2, -0.15) is 0 Å². The van der Waals surface area contributed by atoms with E-state index in [1.165, 1.54) is 7.11 Å². The Morgan fingerprint density at radius 2 is 1.80 bits per heavy atom. The normalized spacial score (nSPS) is 36.1. The second-order valence-corrected chi connectivity index (χ2v) is 4.16. The number of carbonyl (C=O) groups is 2. The Labute approximate surface area is 88.0 Å². The van der Waals surface area contributed by atoms with Gasteiger partial charge in [0.1, 0.15) is 0 Å². The molecule has 4 unspecified atom stereocenters. The minimum absolute atomic E-state index is 0.187. The average molecular weight is 216 g/mol. The highest BCUT2D eigenvalue weighted by molar-refractivity contribution is 5.80. The molecule has 15 heavy (non-hydrogen) atoms. The zero-order valence-corrected chi connectivity index (χ0v) is 8.84. The van der Waals surface area contributed by atoms with Crippen LogP contribution in [-0.2, 0) is 14.3 Å². The van der Waals surface area contributed by atoms with E-state index in [1.807, 2.05) is 6.92 Å². The van der Waals surface area contributed by atoms with E-state index < -0.39 is 29.9 Å². The topological polar surface area (TPSA) is 83.8 Å². The molecule has 1 aliphatic carbocycles. The smallest absolute Gasteiger partial charge is 0.310 e. The molecule has 0 bridgehead atoms. The average Bonchev–Trinajstić information content (AvgIpc) is 2.15. The molecule has 0 aromatic heterocycles. The molecule has 4 atom stereocenters. The molecule has 5 nitrogen and oxygen atoms in total. The zero-order chi connectivity index (χ0) is 11.6. The van der Waals surface area contributed by atoms with Gasteiger partial charge in [-0.15, -0.1) is 0 Å². The molecule has 0 saturated heterocycles. The summed E-state index contributed by atoms with van der Waals surface area (Å²) in [5.74, 6) is -3.70. The Bertz CT molecular complexity index is 263. The fraction of sp³-hybridized carbons (Fsp3) is 0.800. The Kier molecular flexibility index (Phi) is 3.68. The van der Waals surface area contributed by atoms with Crippen LogP contribution in [0.4, 0.5) is 0 Å². The standard InChI is InChI=1S/C10H16O5/c1-5-3-6(9(11)12)8(10(13)14)7(4-5)15-2/h5-8H,3-4H2,1-2H3,(H,11,12)(H,13,14). The van der Waals surface area contributed by atoms with Gasteiger partial charge in [0.05, 0.1) is 17.9 Å². The highest BCUT2D eigenvalue weighted by Crippen LogP contribution is 2.35. The number of hydrogen-bond donors (Lipinski definition) is 2. The van der Waals surface area contributed by atoms with Crippen LogP contribution in [-0.4, -0.2) is 35.4 Å². The van der Waals surface area contributed by atoms with E-state index in [-0.39, 0.29) is 5.92 Å². The van der Waals surface area contributed by atoms with Gasteiger partial charge in [0.25, 0.3) is 0 Å². The maximum atomic E-state index is 11.0. The van der Waals surface area contributed by atoms with Gasteiger partial charge >= 0.3 is 11.9 Å². The third-order valence-electron chi connectivity index (χ3n) is 3.03. The van der Waals surface area contributed by atoms with Gasteiger partial charge in [0.2, 0.25) is 0 Å². The minimum Gasteiger partial charge on any atom is -0.481 e. The summed E-state index contributed by atoms with van der Waals surface area (Å²) in [6.45, 7) is 1.92. The number of carboxylic acids is 2. The van der Waals surface area contributed by atoms with Crippen molar-refractivity contribution in [2.24, 2.45) is 17.8 Å². The molecule has 0 heterocycles. The summed E-state index contributed by atoms with van der Waals surface area (Å²) in [5, 5.41) is 18.0. The van der Waals surface area contributed by atoms with Crippen LogP contribution in [0.15, 0.2) is 0 Å². The number of hydrogen-bond acceptors (Lipinski definition) is 3. The lowest BCUT2D eigenvalue weighted by atomic mass is 9.73. The lowest BCUT2D eigenvalue weighted by molar-refractivity contribution is -0.164. The van der Waals surface area contributed by atoms with Crippen molar-refractivity contribution in [3.63, 3.8) is 0 Å². The molecule has 1 saturated carbocycles. The van der Waals surface area contributed by atoms with E-state index in [4.69, 9.17) is 14.9 Å². The fourth-order valence-electron chi connectivity index (χ4n) is 2.31. The van der Waals surface area contributed by atoms with Gasteiger partial charge in [0.15, 0.2) is 0 Å². The van der Waals surface area contributed by atoms with Gasteiger partial charge in [-0.1, -0.05) is 6.92 Å². The van der Waals surface area contributed by atoms with Crippen LogP contribution < -0.4 is 0 Å². The SMILES string of the molecule is COC1CC(C)CC(C(=O)O)C1C(=O)O. The van der Waals surface area contributed by atoms with E-state index in [0.29, 0.717) is 12.8 Å².